The van der Waals surface area contributed by atoms with Gasteiger partial charge in [0.2, 0.25) is 11.3 Å². The Morgan fingerprint density at radius 2 is 2.04 bits per heavy atom. The van der Waals surface area contributed by atoms with Gasteiger partial charge in [-0.1, -0.05) is 12.1 Å². The topological polar surface area (TPSA) is 91.2 Å². The van der Waals surface area contributed by atoms with Gasteiger partial charge in [0.15, 0.2) is 5.58 Å². The summed E-state index contributed by atoms with van der Waals surface area (Å²) in [7, 11) is 0. The lowest BCUT2D eigenvalue weighted by Gasteiger charge is -2.30. The predicted molar refractivity (Wildman–Crippen MR) is 94.6 cm³/mol. The monoisotopic (exact) mass is 338 g/mol. The molecular weight excluding hydrogens is 320 g/mol. The minimum absolute atomic E-state index is 0.117. The molecule has 7 nitrogen and oxygen atoms in total. The second-order valence-electron chi connectivity index (χ2n) is 6.14. The number of anilines is 2. The number of rotatable bonds is 3. The minimum Gasteiger partial charge on any atom is -0.423 e. The first-order valence-electron chi connectivity index (χ1n) is 8.29. The normalized spacial score (nSPS) is 15.4. The number of carbonyl (C=O) groups excluding carboxylic acids is 1. The molecule has 3 heterocycles. The average Bonchev–Trinajstić information content (AvgIpc) is 3.08. The Balaban J connectivity index is 1.40. The lowest BCUT2D eigenvalue weighted by Crippen LogP contribution is -2.38. The van der Waals surface area contributed by atoms with Gasteiger partial charge in [0.1, 0.15) is 11.2 Å². The predicted octanol–water partition coefficient (Wildman–Crippen LogP) is 2.37. The number of pyridine rings is 1. The van der Waals surface area contributed by atoms with Crippen LogP contribution in [-0.4, -0.2) is 29.0 Å². The Hall–Kier alpha value is -3.09. The van der Waals surface area contributed by atoms with Gasteiger partial charge in [-0.2, -0.15) is 4.98 Å². The van der Waals surface area contributed by atoms with E-state index in [4.69, 9.17) is 4.42 Å². The highest BCUT2D eigenvalue weighted by Crippen LogP contribution is 2.26. The second-order valence-corrected chi connectivity index (χ2v) is 6.14. The Morgan fingerprint density at radius 3 is 2.80 bits per heavy atom. The van der Waals surface area contributed by atoms with Crippen LogP contribution in [0, 0.1) is 5.92 Å². The van der Waals surface area contributed by atoms with E-state index in [1.54, 1.807) is 0 Å². The molecule has 3 aromatic rings. The Bertz CT molecular complexity index is 921. The summed E-state index contributed by atoms with van der Waals surface area (Å²) in [5, 5.41) is 2.72. The zero-order valence-electron chi connectivity index (χ0n) is 13.6. The van der Waals surface area contributed by atoms with Gasteiger partial charge < -0.3 is 19.6 Å². The summed E-state index contributed by atoms with van der Waals surface area (Å²) in [5.41, 5.74) is 1.69. The van der Waals surface area contributed by atoms with Crippen molar-refractivity contribution in [3.8, 4) is 0 Å². The SMILES string of the molecule is O=C(Nc1c[nH]ccc1=O)C1CCN(c2nc3ccccc3o2)CC1. The lowest BCUT2D eigenvalue weighted by molar-refractivity contribution is -0.120. The molecule has 0 aliphatic carbocycles. The maximum Gasteiger partial charge on any atom is 0.298 e. The van der Waals surface area contributed by atoms with Crippen molar-refractivity contribution >= 4 is 28.7 Å². The number of H-pyrrole nitrogens is 1. The smallest absolute Gasteiger partial charge is 0.298 e. The molecule has 7 heteroatoms. The van der Waals surface area contributed by atoms with Crippen LogP contribution in [0.2, 0.25) is 0 Å². The maximum atomic E-state index is 12.4. The standard InChI is InChI=1S/C18H18N4O3/c23-15-5-8-19-11-14(15)20-17(24)12-6-9-22(10-7-12)18-21-13-3-1-2-4-16(13)25-18/h1-5,8,11-12H,6-7,9-10H2,(H,19,23)(H,20,24). The maximum absolute atomic E-state index is 12.4. The van der Waals surface area contributed by atoms with Crippen LogP contribution in [0.5, 0.6) is 0 Å². The lowest BCUT2D eigenvalue weighted by atomic mass is 9.96. The van der Waals surface area contributed by atoms with Crippen LogP contribution in [0.25, 0.3) is 11.1 Å². The second kappa shape index (κ2) is 6.43. The number of aromatic amines is 1. The fourth-order valence-corrected chi connectivity index (χ4v) is 3.08. The zero-order valence-corrected chi connectivity index (χ0v) is 13.6. The number of piperidine rings is 1. The largest absolute Gasteiger partial charge is 0.423 e. The van der Waals surface area contributed by atoms with Gasteiger partial charge in [-0.25, -0.2) is 0 Å². The van der Waals surface area contributed by atoms with Gasteiger partial charge in [0.05, 0.1) is 0 Å². The first kappa shape index (κ1) is 15.4. The van der Waals surface area contributed by atoms with Gasteiger partial charge in [-0.3, -0.25) is 9.59 Å². The number of aromatic nitrogens is 2. The summed E-state index contributed by atoms with van der Waals surface area (Å²) in [6, 6.07) is 9.64. The number of nitrogens with one attached hydrogen (secondary N) is 2. The van der Waals surface area contributed by atoms with E-state index in [0.717, 1.165) is 11.1 Å². The van der Waals surface area contributed by atoms with E-state index in [2.05, 4.69) is 20.2 Å². The molecule has 1 saturated heterocycles. The molecule has 1 aromatic carbocycles. The fourth-order valence-electron chi connectivity index (χ4n) is 3.08. The first-order valence-corrected chi connectivity index (χ1v) is 8.29. The van der Waals surface area contributed by atoms with Crippen molar-refractivity contribution in [3.63, 3.8) is 0 Å². The van der Waals surface area contributed by atoms with Gasteiger partial charge in [-0.05, 0) is 25.0 Å². The zero-order chi connectivity index (χ0) is 17.2. The number of para-hydroxylation sites is 2. The molecule has 0 bridgehead atoms. The van der Waals surface area contributed by atoms with E-state index in [0.29, 0.717) is 31.9 Å². The van der Waals surface area contributed by atoms with Crippen LogP contribution >= 0.6 is 0 Å². The highest BCUT2D eigenvalue weighted by Gasteiger charge is 2.27. The third-order valence-electron chi connectivity index (χ3n) is 4.50. The number of oxazole rings is 1. The molecule has 1 amide bonds. The summed E-state index contributed by atoms with van der Waals surface area (Å²) < 4.78 is 5.78. The number of hydrogen-bond acceptors (Lipinski definition) is 5. The van der Waals surface area contributed by atoms with Gasteiger partial charge >= 0.3 is 0 Å². The van der Waals surface area contributed by atoms with Crippen LogP contribution in [0.3, 0.4) is 0 Å². The molecule has 1 fully saturated rings. The van der Waals surface area contributed by atoms with E-state index in [1.807, 2.05) is 24.3 Å². The highest BCUT2D eigenvalue weighted by molar-refractivity contribution is 5.92. The molecule has 1 aliphatic heterocycles. The third kappa shape index (κ3) is 3.13. The van der Waals surface area contributed by atoms with Crippen molar-refractivity contribution in [2.75, 3.05) is 23.3 Å². The Morgan fingerprint density at radius 1 is 1.24 bits per heavy atom. The van der Waals surface area contributed by atoms with Crippen LogP contribution < -0.4 is 15.6 Å². The van der Waals surface area contributed by atoms with Crippen molar-refractivity contribution in [3.05, 3.63) is 52.9 Å². The van der Waals surface area contributed by atoms with E-state index in [9.17, 15) is 9.59 Å². The van der Waals surface area contributed by atoms with Crippen LogP contribution in [-0.2, 0) is 4.79 Å². The van der Waals surface area contributed by atoms with Crippen molar-refractivity contribution in [2.45, 2.75) is 12.8 Å². The summed E-state index contributed by atoms with van der Waals surface area (Å²) >= 11 is 0. The number of hydrogen-bond donors (Lipinski definition) is 2. The molecule has 4 rings (SSSR count). The summed E-state index contributed by atoms with van der Waals surface area (Å²) in [6.07, 6.45) is 4.43. The molecule has 0 saturated carbocycles. The fraction of sp³-hybridized carbons (Fsp3) is 0.278. The van der Waals surface area contributed by atoms with Crippen LogP contribution in [0.1, 0.15) is 12.8 Å². The van der Waals surface area contributed by atoms with Gasteiger partial charge in [0.25, 0.3) is 6.01 Å². The van der Waals surface area contributed by atoms with Crippen molar-refractivity contribution in [1.82, 2.24) is 9.97 Å². The number of fused-ring (bicyclic) bond motifs is 1. The number of carbonyl (C=O) groups is 1. The summed E-state index contributed by atoms with van der Waals surface area (Å²) in [4.78, 5) is 33.4. The highest BCUT2D eigenvalue weighted by atomic mass is 16.4. The van der Waals surface area contributed by atoms with E-state index in [1.165, 1.54) is 18.5 Å². The first-order chi connectivity index (χ1) is 12.2. The quantitative estimate of drug-likeness (QED) is 0.765. The number of amides is 1. The molecule has 0 atom stereocenters. The van der Waals surface area contributed by atoms with Gasteiger partial charge in [0, 0.05) is 37.5 Å². The van der Waals surface area contributed by atoms with E-state index in [-0.39, 0.29) is 22.9 Å². The number of benzene rings is 1. The number of nitrogens with zero attached hydrogens (tertiary/aromatic N) is 2. The van der Waals surface area contributed by atoms with Crippen LogP contribution in [0.4, 0.5) is 11.7 Å². The van der Waals surface area contributed by atoms with Crippen LogP contribution in [0.15, 0.2) is 51.9 Å². The van der Waals surface area contributed by atoms with Crippen molar-refractivity contribution < 1.29 is 9.21 Å². The molecule has 2 N–H and O–H groups in total. The third-order valence-corrected chi connectivity index (χ3v) is 4.50. The molecule has 0 radical (unpaired) electrons. The van der Waals surface area contributed by atoms with E-state index < -0.39 is 0 Å². The molecule has 1 aliphatic rings. The van der Waals surface area contributed by atoms with Crippen molar-refractivity contribution in [1.29, 1.82) is 0 Å². The van der Waals surface area contributed by atoms with E-state index >= 15 is 0 Å². The molecule has 2 aromatic heterocycles. The van der Waals surface area contributed by atoms with Gasteiger partial charge in [-0.15, -0.1) is 0 Å². The molecule has 25 heavy (non-hydrogen) atoms. The molecule has 0 spiro atoms. The summed E-state index contributed by atoms with van der Waals surface area (Å²) in [5.74, 6) is -0.242. The average molecular weight is 338 g/mol. The Labute approximate surface area is 143 Å². The molecule has 0 unspecified atom stereocenters. The minimum atomic E-state index is -0.198. The summed E-state index contributed by atoms with van der Waals surface area (Å²) in [6.45, 7) is 1.38. The molecule has 128 valence electrons. The van der Waals surface area contributed by atoms with Crippen molar-refractivity contribution in [2.24, 2.45) is 5.92 Å². The Kier molecular flexibility index (Phi) is 3.97. The molecular formula is C18H18N4O3.